The molecule has 0 spiro atoms. The van der Waals surface area contributed by atoms with Gasteiger partial charge in [-0.15, -0.1) is 0 Å². The molecule has 2 rings (SSSR count). The fourth-order valence-electron chi connectivity index (χ4n) is 2.42. The van der Waals surface area contributed by atoms with E-state index in [1.165, 1.54) is 5.56 Å². The summed E-state index contributed by atoms with van der Waals surface area (Å²) in [6.45, 7) is 14.6. The molecule has 0 bridgehead atoms. The van der Waals surface area contributed by atoms with Gasteiger partial charge in [0.2, 0.25) is 0 Å². The molecule has 1 saturated heterocycles. The number of pyridine rings is 1. The van der Waals surface area contributed by atoms with Gasteiger partial charge in [0.1, 0.15) is 5.82 Å². The topological polar surface area (TPSA) is 51.4 Å². The highest BCUT2D eigenvalue weighted by atomic mass is 28.4. The highest BCUT2D eigenvalue weighted by Crippen LogP contribution is 2.38. The SMILES string of the molecule is CC(C)(C)[Si](C)(C)OC1CCN(Cc2ccc(N)nc2)C1. The number of hydrogen-bond acceptors (Lipinski definition) is 4. The zero-order chi connectivity index (χ0) is 15.7. The molecule has 5 heteroatoms. The van der Waals surface area contributed by atoms with Crippen LogP contribution in [0.25, 0.3) is 0 Å². The third-order valence-electron chi connectivity index (χ3n) is 4.75. The first-order valence-corrected chi connectivity index (χ1v) is 10.7. The molecule has 1 atom stereocenters. The van der Waals surface area contributed by atoms with Crippen LogP contribution < -0.4 is 5.73 Å². The molecule has 1 aliphatic rings. The summed E-state index contributed by atoms with van der Waals surface area (Å²) in [5, 5.41) is 0.279. The molecular weight excluding hydrogens is 278 g/mol. The van der Waals surface area contributed by atoms with Crippen LogP contribution in [0.15, 0.2) is 18.3 Å². The van der Waals surface area contributed by atoms with Crippen molar-refractivity contribution in [2.24, 2.45) is 0 Å². The molecule has 1 aromatic heterocycles. The van der Waals surface area contributed by atoms with Gasteiger partial charge in [0.15, 0.2) is 8.32 Å². The Balaban J connectivity index is 1.88. The van der Waals surface area contributed by atoms with Gasteiger partial charge < -0.3 is 10.2 Å². The number of nitrogens with zero attached hydrogens (tertiary/aromatic N) is 2. The Labute approximate surface area is 129 Å². The van der Waals surface area contributed by atoms with E-state index in [0.29, 0.717) is 11.9 Å². The Morgan fingerprint density at radius 2 is 2.10 bits per heavy atom. The summed E-state index contributed by atoms with van der Waals surface area (Å²) < 4.78 is 6.51. The van der Waals surface area contributed by atoms with Gasteiger partial charge in [-0.25, -0.2) is 4.98 Å². The van der Waals surface area contributed by atoms with Crippen LogP contribution in [-0.2, 0) is 11.0 Å². The molecule has 0 aliphatic carbocycles. The summed E-state index contributed by atoms with van der Waals surface area (Å²) in [5.41, 5.74) is 6.85. The summed E-state index contributed by atoms with van der Waals surface area (Å²) in [4.78, 5) is 6.61. The largest absolute Gasteiger partial charge is 0.413 e. The first kappa shape index (κ1) is 16.5. The smallest absolute Gasteiger partial charge is 0.192 e. The van der Waals surface area contributed by atoms with Crippen molar-refractivity contribution in [2.45, 2.75) is 58.0 Å². The molecule has 2 heterocycles. The fourth-order valence-corrected chi connectivity index (χ4v) is 3.80. The van der Waals surface area contributed by atoms with Gasteiger partial charge in [0.05, 0.1) is 6.10 Å². The van der Waals surface area contributed by atoms with E-state index in [1.807, 2.05) is 12.3 Å². The number of anilines is 1. The molecule has 118 valence electrons. The molecule has 21 heavy (non-hydrogen) atoms. The van der Waals surface area contributed by atoms with Crippen molar-refractivity contribution < 1.29 is 4.43 Å². The van der Waals surface area contributed by atoms with Crippen molar-refractivity contribution in [3.05, 3.63) is 23.9 Å². The van der Waals surface area contributed by atoms with Gasteiger partial charge in [-0.3, -0.25) is 4.90 Å². The second-order valence-electron chi connectivity index (χ2n) is 7.62. The van der Waals surface area contributed by atoms with Gasteiger partial charge in [-0.1, -0.05) is 26.8 Å². The van der Waals surface area contributed by atoms with Crippen molar-refractivity contribution in [2.75, 3.05) is 18.8 Å². The van der Waals surface area contributed by atoms with Crippen LogP contribution in [0.2, 0.25) is 18.1 Å². The zero-order valence-corrected chi connectivity index (χ0v) is 15.0. The summed E-state index contributed by atoms with van der Waals surface area (Å²) in [7, 11) is -1.65. The molecule has 1 fully saturated rings. The lowest BCUT2D eigenvalue weighted by molar-refractivity contribution is 0.179. The van der Waals surface area contributed by atoms with Crippen LogP contribution in [0.3, 0.4) is 0 Å². The molecule has 0 amide bonds. The Hall–Kier alpha value is -0.913. The monoisotopic (exact) mass is 307 g/mol. The first-order valence-electron chi connectivity index (χ1n) is 7.78. The van der Waals surface area contributed by atoms with Gasteiger partial charge in [-0.2, -0.15) is 0 Å². The normalized spacial score (nSPS) is 20.9. The Morgan fingerprint density at radius 1 is 1.38 bits per heavy atom. The molecule has 1 aliphatic heterocycles. The van der Waals surface area contributed by atoms with E-state index in [9.17, 15) is 0 Å². The van der Waals surface area contributed by atoms with Crippen LogP contribution in [0.4, 0.5) is 5.82 Å². The lowest BCUT2D eigenvalue weighted by Crippen LogP contribution is -2.44. The van der Waals surface area contributed by atoms with Crippen molar-refractivity contribution in [3.8, 4) is 0 Å². The molecular formula is C16H29N3OSi. The Kier molecular flexibility index (Phi) is 4.75. The molecule has 4 nitrogen and oxygen atoms in total. The van der Waals surface area contributed by atoms with Crippen molar-refractivity contribution in [1.82, 2.24) is 9.88 Å². The van der Waals surface area contributed by atoms with E-state index >= 15 is 0 Å². The Bertz CT molecular complexity index is 467. The molecule has 0 saturated carbocycles. The maximum absolute atomic E-state index is 6.51. The number of likely N-dealkylation sites (tertiary alicyclic amines) is 1. The molecule has 1 unspecified atom stereocenters. The van der Waals surface area contributed by atoms with Crippen LogP contribution >= 0.6 is 0 Å². The van der Waals surface area contributed by atoms with Crippen molar-refractivity contribution in [1.29, 1.82) is 0 Å². The number of nitrogen functional groups attached to an aromatic ring is 1. The van der Waals surface area contributed by atoms with E-state index in [1.54, 1.807) is 0 Å². The second kappa shape index (κ2) is 6.06. The first-order chi connectivity index (χ1) is 9.67. The lowest BCUT2D eigenvalue weighted by Gasteiger charge is -2.38. The zero-order valence-electron chi connectivity index (χ0n) is 14.0. The van der Waals surface area contributed by atoms with Crippen molar-refractivity contribution >= 4 is 14.1 Å². The van der Waals surface area contributed by atoms with E-state index in [4.69, 9.17) is 10.2 Å². The number of rotatable bonds is 4. The van der Waals surface area contributed by atoms with Crippen LogP contribution in [0.1, 0.15) is 32.8 Å². The standard InChI is InChI=1S/C16H29N3OSi/c1-16(2,3)21(4,5)20-14-8-9-19(12-14)11-13-6-7-15(17)18-10-13/h6-7,10,14H,8-9,11-12H2,1-5H3,(H2,17,18). The quantitative estimate of drug-likeness (QED) is 0.868. The Morgan fingerprint density at radius 3 is 2.67 bits per heavy atom. The number of aromatic nitrogens is 1. The summed E-state index contributed by atoms with van der Waals surface area (Å²) in [5.74, 6) is 0.583. The van der Waals surface area contributed by atoms with Gasteiger partial charge in [0, 0.05) is 25.8 Å². The van der Waals surface area contributed by atoms with Crippen LogP contribution in [-0.4, -0.2) is 37.4 Å². The van der Waals surface area contributed by atoms with E-state index in [-0.39, 0.29) is 5.04 Å². The van der Waals surface area contributed by atoms with Gasteiger partial charge >= 0.3 is 0 Å². The summed E-state index contributed by atoms with van der Waals surface area (Å²) in [6.07, 6.45) is 3.39. The van der Waals surface area contributed by atoms with Gasteiger partial charge in [-0.05, 0) is 36.2 Å². The third-order valence-corrected chi connectivity index (χ3v) is 9.29. The molecule has 2 N–H and O–H groups in total. The summed E-state index contributed by atoms with van der Waals surface area (Å²) in [6, 6.07) is 3.93. The predicted molar refractivity (Wildman–Crippen MR) is 90.6 cm³/mol. The van der Waals surface area contributed by atoms with Crippen molar-refractivity contribution in [3.63, 3.8) is 0 Å². The van der Waals surface area contributed by atoms with Gasteiger partial charge in [0.25, 0.3) is 0 Å². The minimum Gasteiger partial charge on any atom is -0.413 e. The summed E-state index contributed by atoms with van der Waals surface area (Å²) >= 11 is 0. The second-order valence-corrected chi connectivity index (χ2v) is 12.4. The average Bonchev–Trinajstić information content (AvgIpc) is 2.77. The third kappa shape index (κ3) is 4.28. The minimum atomic E-state index is -1.65. The molecule has 0 aromatic carbocycles. The van der Waals surface area contributed by atoms with Crippen LogP contribution in [0.5, 0.6) is 0 Å². The highest BCUT2D eigenvalue weighted by molar-refractivity contribution is 6.74. The van der Waals surface area contributed by atoms with E-state index in [2.05, 4.69) is 49.8 Å². The molecule has 1 aromatic rings. The number of nitrogens with two attached hydrogens (primary N) is 1. The predicted octanol–water partition coefficient (Wildman–Crippen LogP) is 3.26. The highest BCUT2D eigenvalue weighted by Gasteiger charge is 2.40. The van der Waals surface area contributed by atoms with E-state index < -0.39 is 8.32 Å². The number of hydrogen-bond donors (Lipinski definition) is 1. The fraction of sp³-hybridized carbons (Fsp3) is 0.688. The molecule has 0 radical (unpaired) electrons. The lowest BCUT2D eigenvalue weighted by atomic mass is 10.2. The minimum absolute atomic E-state index is 0.279. The van der Waals surface area contributed by atoms with E-state index in [0.717, 1.165) is 26.1 Å². The average molecular weight is 308 g/mol. The van der Waals surface area contributed by atoms with Crippen LogP contribution in [0, 0.1) is 0 Å². The maximum Gasteiger partial charge on any atom is 0.192 e. The maximum atomic E-state index is 6.51.